The highest BCUT2D eigenvalue weighted by atomic mass is 35.5. The van der Waals surface area contributed by atoms with Gasteiger partial charge >= 0.3 is 0 Å². The van der Waals surface area contributed by atoms with Crippen LogP contribution in [-0.4, -0.2) is 23.9 Å². The molecule has 0 aliphatic carbocycles. The largest absolute Gasteiger partial charge is 0.507 e. The summed E-state index contributed by atoms with van der Waals surface area (Å²) in [4.78, 5) is 27.5. The normalized spacial score (nSPS) is 17.9. The van der Waals surface area contributed by atoms with Crippen LogP contribution in [0.4, 0.5) is 5.69 Å². The van der Waals surface area contributed by atoms with Crippen LogP contribution in [0, 0.1) is 13.8 Å². The van der Waals surface area contributed by atoms with Gasteiger partial charge < -0.3 is 14.3 Å². The Kier molecular flexibility index (Phi) is 5.33. The van der Waals surface area contributed by atoms with Crippen LogP contribution in [-0.2, 0) is 9.59 Å². The van der Waals surface area contributed by atoms with Crippen LogP contribution in [0.3, 0.4) is 0 Å². The second-order valence-electron chi connectivity index (χ2n) is 7.28. The molecule has 0 spiro atoms. The Bertz CT molecular complexity index is 1230. The van der Waals surface area contributed by atoms with Crippen molar-refractivity contribution in [1.29, 1.82) is 0 Å². The Labute approximate surface area is 184 Å². The summed E-state index contributed by atoms with van der Waals surface area (Å²) in [6.45, 7) is 3.61. The number of rotatable bonds is 4. The molecule has 0 saturated carbocycles. The summed E-state index contributed by atoms with van der Waals surface area (Å²) < 4.78 is 11.0. The van der Waals surface area contributed by atoms with E-state index in [0.717, 1.165) is 5.56 Å². The lowest BCUT2D eigenvalue weighted by atomic mass is 9.99. The summed E-state index contributed by atoms with van der Waals surface area (Å²) in [6.07, 6.45) is 0. The topological polar surface area (TPSA) is 80.0 Å². The lowest BCUT2D eigenvalue weighted by Gasteiger charge is -2.24. The van der Waals surface area contributed by atoms with Crippen LogP contribution in [0.1, 0.15) is 28.7 Å². The highest BCUT2D eigenvalue weighted by Crippen LogP contribution is 2.43. The number of carbonyl (C=O) groups excluding carboxylic acids is 2. The van der Waals surface area contributed by atoms with Crippen molar-refractivity contribution in [1.82, 2.24) is 0 Å². The minimum atomic E-state index is -0.946. The van der Waals surface area contributed by atoms with E-state index in [1.807, 2.05) is 6.92 Å². The first-order valence-electron chi connectivity index (χ1n) is 9.59. The summed E-state index contributed by atoms with van der Waals surface area (Å²) in [6, 6.07) is 14.2. The van der Waals surface area contributed by atoms with Gasteiger partial charge in [0.15, 0.2) is 0 Å². The molecule has 0 radical (unpaired) electrons. The molecule has 0 bridgehead atoms. The van der Waals surface area contributed by atoms with Gasteiger partial charge in [-0.2, -0.15) is 0 Å². The van der Waals surface area contributed by atoms with E-state index in [0.29, 0.717) is 33.5 Å². The van der Waals surface area contributed by atoms with E-state index in [-0.39, 0.29) is 11.3 Å². The second-order valence-corrected chi connectivity index (χ2v) is 7.69. The molecule has 1 amide bonds. The van der Waals surface area contributed by atoms with Gasteiger partial charge in [0.2, 0.25) is 0 Å². The van der Waals surface area contributed by atoms with Crippen molar-refractivity contribution in [3.8, 4) is 5.75 Å². The SMILES string of the molecule is COc1cccc(/C(O)=C2/C(=O)C(=O)N(c3ccc(C)c(Cl)c3)C2c2ccc(C)o2)c1. The van der Waals surface area contributed by atoms with E-state index >= 15 is 0 Å². The molecule has 1 aliphatic rings. The van der Waals surface area contributed by atoms with E-state index in [1.54, 1.807) is 61.5 Å². The monoisotopic (exact) mass is 437 g/mol. The first-order chi connectivity index (χ1) is 14.8. The molecule has 31 heavy (non-hydrogen) atoms. The maximum atomic E-state index is 13.1. The Morgan fingerprint density at radius 2 is 1.87 bits per heavy atom. The molecule has 4 rings (SSSR count). The van der Waals surface area contributed by atoms with Gasteiger partial charge in [0, 0.05) is 16.3 Å². The van der Waals surface area contributed by atoms with E-state index in [9.17, 15) is 14.7 Å². The van der Waals surface area contributed by atoms with Gasteiger partial charge in [0.25, 0.3) is 11.7 Å². The molecule has 2 aromatic carbocycles. The van der Waals surface area contributed by atoms with E-state index < -0.39 is 17.7 Å². The number of carbonyl (C=O) groups is 2. The van der Waals surface area contributed by atoms with Crippen molar-refractivity contribution in [2.24, 2.45) is 0 Å². The first-order valence-corrected chi connectivity index (χ1v) is 9.97. The maximum absolute atomic E-state index is 13.1. The third kappa shape index (κ3) is 3.59. The van der Waals surface area contributed by atoms with Crippen molar-refractivity contribution >= 4 is 34.7 Å². The quantitative estimate of drug-likeness (QED) is 0.345. The fraction of sp³-hybridized carbons (Fsp3) is 0.167. The molecule has 6 nitrogen and oxygen atoms in total. The zero-order valence-electron chi connectivity index (χ0n) is 17.2. The van der Waals surface area contributed by atoms with Gasteiger partial charge in [-0.1, -0.05) is 29.8 Å². The Morgan fingerprint density at radius 1 is 1.10 bits per heavy atom. The maximum Gasteiger partial charge on any atom is 0.300 e. The smallest absolute Gasteiger partial charge is 0.300 e. The third-order valence-corrected chi connectivity index (χ3v) is 5.66. The predicted octanol–water partition coefficient (Wildman–Crippen LogP) is 5.18. The molecule has 1 saturated heterocycles. The predicted molar refractivity (Wildman–Crippen MR) is 117 cm³/mol. The van der Waals surface area contributed by atoms with Crippen molar-refractivity contribution in [3.05, 3.63) is 87.8 Å². The number of aryl methyl sites for hydroxylation is 2. The lowest BCUT2D eigenvalue weighted by molar-refractivity contribution is -0.132. The average Bonchev–Trinajstić information content (AvgIpc) is 3.30. The van der Waals surface area contributed by atoms with Crippen LogP contribution in [0.2, 0.25) is 5.02 Å². The van der Waals surface area contributed by atoms with Gasteiger partial charge in [-0.05, 0) is 55.8 Å². The van der Waals surface area contributed by atoms with Crippen molar-refractivity contribution in [2.45, 2.75) is 19.9 Å². The average molecular weight is 438 g/mol. The number of ether oxygens (including phenoxy) is 1. The standard InChI is InChI=1S/C24H20ClNO5/c1-13-7-9-16(12-18(13)25)26-21(19-10-8-14(2)31-19)20(23(28)24(26)29)22(27)15-5-4-6-17(11-15)30-3/h4-12,21,27H,1-3H3/b22-20-. The van der Waals surface area contributed by atoms with Crippen LogP contribution >= 0.6 is 11.6 Å². The van der Waals surface area contributed by atoms with Crippen molar-refractivity contribution in [2.75, 3.05) is 12.0 Å². The number of Topliss-reactive ketones (excluding diaryl/α,β-unsaturated/α-hetero) is 1. The third-order valence-electron chi connectivity index (χ3n) is 5.25. The molecular formula is C24H20ClNO5. The molecule has 2 heterocycles. The summed E-state index contributed by atoms with van der Waals surface area (Å²) in [5.74, 6) is -0.410. The minimum Gasteiger partial charge on any atom is -0.507 e. The van der Waals surface area contributed by atoms with E-state index in [1.165, 1.54) is 12.0 Å². The second kappa shape index (κ2) is 7.96. The van der Waals surface area contributed by atoms with Crippen molar-refractivity contribution < 1.29 is 23.8 Å². The number of aliphatic hydroxyl groups is 1. The van der Waals surface area contributed by atoms with Gasteiger partial charge in [-0.25, -0.2) is 0 Å². The number of benzene rings is 2. The molecular weight excluding hydrogens is 418 g/mol. The number of hydrogen-bond donors (Lipinski definition) is 1. The van der Waals surface area contributed by atoms with Gasteiger partial charge in [0.05, 0.1) is 12.7 Å². The first kappa shape index (κ1) is 20.8. The lowest BCUT2D eigenvalue weighted by Crippen LogP contribution is -2.29. The zero-order valence-corrected chi connectivity index (χ0v) is 17.9. The number of hydrogen-bond acceptors (Lipinski definition) is 5. The molecule has 1 N–H and O–H groups in total. The van der Waals surface area contributed by atoms with Crippen molar-refractivity contribution in [3.63, 3.8) is 0 Å². The number of halogens is 1. The summed E-state index contributed by atoms with van der Waals surface area (Å²) in [7, 11) is 1.50. The number of furan rings is 1. The Hall–Kier alpha value is -3.51. The van der Waals surface area contributed by atoms with E-state index in [2.05, 4.69) is 0 Å². The molecule has 158 valence electrons. The molecule has 1 unspecified atom stereocenters. The number of aliphatic hydroxyl groups excluding tert-OH is 1. The van der Waals surface area contributed by atoms with Gasteiger partial charge in [-0.15, -0.1) is 0 Å². The van der Waals surface area contributed by atoms with Crippen LogP contribution < -0.4 is 9.64 Å². The fourth-order valence-electron chi connectivity index (χ4n) is 3.63. The summed E-state index contributed by atoms with van der Waals surface area (Å²) >= 11 is 6.28. The molecule has 1 fully saturated rings. The highest BCUT2D eigenvalue weighted by Gasteiger charge is 2.48. The van der Waals surface area contributed by atoms with Crippen LogP contribution in [0.5, 0.6) is 5.75 Å². The van der Waals surface area contributed by atoms with Gasteiger partial charge in [-0.3, -0.25) is 14.5 Å². The zero-order chi connectivity index (χ0) is 22.3. The summed E-state index contributed by atoms with van der Waals surface area (Å²) in [5, 5.41) is 11.5. The Morgan fingerprint density at radius 3 is 2.52 bits per heavy atom. The highest BCUT2D eigenvalue weighted by molar-refractivity contribution is 6.51. The number of methoxy groups -OCH3 is 1. The number of ketones is 1. The summed E-state index contributed by atoms with van der Waals surface area (Å²) in [5.41, 5.74) is 1.56. The molecule has 3 aromatic rings. The number of anilines is 1. The van der Waals surface area contributed by atoms with Crippen LogP contribution in [0.25, 0.3) is 5.76 Å². The van der Waals surface area contributed by atoms with Gasteiger partial charge in [0.1, 0.15) is 29.1 Å². The molecule has 1 atom stereocenters. The molecule has 7 heteroatoms. The Balaban J connectivity index is 1.94. The molecule has 1 aromatic heterocycles. The number of nitrogens with zero attached hydrogens (tertiary/aromatic N) is 1. The fourth-order valence-corrected chi connectivity index (χ4v) is 3.80. The van der Waals surface area contributed by atoms with E-state index in [4.69, 9.17) is 20.8 Å². The van der Waals surface area contributed by atoms with Crippen LogP contribution in [0.15, 0.2) is 64.6 Å². The molecule has 1 aliphatic heterocycles. The number of amides is 1. The minimum absolute atomic E-state index is 0.0655.